The van der Waals surface area contributed by atoms with Crippen LogP contribution in [0.4, 0.5) is 15.9 Å². The van der Waals surface area contributed by atoms with Crippen molar-refractivity contribution in [3.05, 3.63) is 46.6 Å². The Kier molecular flexibility index (Phi) is 8.46. The molecule has 43 heavy (non-hydrogen) atoms. The highest BCUT2D eigenvalue weighted by molar-refractivity contribution is 6.30. The summed E-state index contributed by atoms with van der Waals surface area (Å²) in [6, 6.07) is 4.74. The molecule has 1 aromatic carbocycles. The van der Waals surface area contributed by atoms with Gasteiger partial charge in [-0.1, -0.05) is 38.3 Å². The zero-order valence-electron chi connectivity index (χ0n) is 25.5. The molecule has 1 saturated heterocycles. The number of aromatic nitrogens is 2. The van der Waals surface area contributed by atoms with Crippen molar-refractivity contribution in [3.8, 4) is 0 Å². The summed E-state index contributed by atoms with van der Waals surface area (Å²) in [6.45, 7) is 10.2. The molecule has 2 amide bonds. The fourth-order valence-corrected chi connectivity index (χ4v) is 7.48. The number of piperazine rings is 1. The number of benzene rings is 1. The molecule has 2 aromatic rings. The number of carbonyl (C=O) groups is 3. The van der Waals surface area contributed by atoms with Crippen LogP contribution in [0.1, 0.15) is 95.2 Å². The minimum Gasteiger partial charge on any atom is -0.481 e. The molecule has 1 N–H and O–H groups in total. The molecule has 1 spiro atoms. The highest BCUT2D eigenvalue weighted by atomic mass is 35.5. The van der Waals surface area contributed by atoms with E-state index in [9.17, 15) is 18.8 Å². The number of hydrogen-bond acceptors (Lipinski definition) is 6. The summed E-state index contributed by atoms with van der Waals surface area (Å²) in [5.74, 6) is -0.795. The predicted molar refractivity (Wildman–Crippen MR) is 162 cm³/mol. The standard InChI is InChI=1S/C32H41ClFN5O4/c1-30(2)17-32(18-30)20-38(21-11-12-22(33)23(34)15-21)28-27(32)36-24(16-35-28)29(43)39-14-13-37(19-31(39,3)4)25(40)9-7-5-6-8-10-26(41)42/h11-12,15-16H,5-10,13-14,17-20H2,1-4H3,(H,41,42). The highest BCUT2D eigenvalue weighted by Gasteiger charge is 2.57. The zero-order valence-corrected chi connectivity index (χ0v) is 26.2. The fourth-order valence-electron chi connectivity index (χ4n) is 7.36. The van der Waals surface area contributed by atoms with Gasteiger partial charge >= 0.3 is 5.97 Å². The van der Waals surface area contributed by atoms with Crippen LogP contribution in [-0.4, -0.2) is 74.4 Å². The van der Waals surface area contributed by atoms with Crippen molar-refractivity contribution < 1.29 is 23.9 Å². The molecule has 0 bridgehead atoms. The van der Waals surface area contributed by atoms with Crippen LogP contribution in [0.3, 0.4) is 0 Å². The maximum absolute atomic E-state index is 14.4. The molecular weight excluding hydrogens is 573 g/mol. The largest absolute Gasteiger partial charge is 0.481 e. The molecule has 0 radical (unpaired) electrons. The second kappa shape index (κ2) is 11.7. The first kappa shape index (κ1) is 31.2. The van der Waals surface area contributed by atoms with E-state index in [2.05, 4.69) is 13.8 Å². The lowest BCUT2D eigenvalue weighted by molar-refractivity contribution is -0.137. The molecule has 3 aliphatic rings. The number of hydrogen-bond donors (Lipinski definition) is 1. The van der Waals surface area contributed by atoms with Crippen LogP contribution in [0.2, 0.25) is 5.02 Å². The molecule has 2 fully saturated rings. The molecule has 3 heterocycles. The Morgan fingerprint density at radius 3 is 2.33 bits per heavy atom. The van der Waals surface area contributed by atoms with Crippen LogP contribution >= 0.6 is 11.6 Å². The van der Waals surface area contributed by atoms with E-state index in [1.165, 1.54) is 12.3 Å². The number of anilines is 2. The van der Waals surface area contributed by atoms with Crippen LogP contribution in [-0.2, 0) is 15.0 Å². The monoisotopic (exact) mass is 613 g/mol. The number of halogens is 2. The molecule has 0 unspecified atom stereocenters. The van der Waals surface area contributed by atoms with Crippen LogP contribution < -0.4 is 4.90 Å². The van der Waals surface area contributed by atoms with E-state index >= 15 is 0 Å². The van der Waals surface area contributed by atoms with Gasteiger partial charge in [0.25, 0.3) is 5.91 Å². The van der Waals surface area contributed by atoms with Crippen molar-refractivity contribution in [2.24, 2.45) is 5.41 Å². The van der Waals surface area contributed by atoms with E-state index in [1.807, 2.05) is 23.6 Å². The van der Waals surface area contributed by atoms with Crippen LogP contribution in [0.25, 0.3) is 0 Å². The Labute approximate surface area is 257 Å². The Hall–Kier alpha value is -3.27. The number of nitrogens with zero attached hydrogens (tertiary/aromatic N) is 5. The third-order valence-electron chi connectivity index (χ3n) is 9.07. The number of unbranched alkanes of at least 4 members (excludes halogenated alkanes) is 3. The number of carbonyl (C=O) groups excluding carboxylic acids is 2. The van der Waals surface area contributed by atoms with E-state index in [-0.39, 0.29) is 39.8 Å². The van der Waals surface area contributed by atoms with Gasteiger partial charge in [-0.05, 0) is 63.1 Å². The average Bonchev–Trinajstić information content (AvgIpc) is 3.24. The van der Waals surface area contributed by atoms with Crippen molar-refractivity contribution in [3.63, 3.8) is 0 Å². The van der Waals surface area contributed by atoms with E-state index in [4.69, 9.17) is 26.7 Å². The fraction of sp³-hybridized carbons (Fsp3) is 0.594. The maximum atomic E-state index is 14.4. The number of fused-ring (bicyclic) bond motifs is 2. The summed E-state index contributed by atoms with van der Waals surface area (Å²) in [5, 5.41) is 8.83. The lowest BCUT2D eigenvalue weighted by atomic mass is 9.54. The molecule has 0 atom stereocenters. The van der Waals surface area contributed by atoms with Crippen LogP contribution in [0, 0.1) is 11.2 Å². The molecule has 11 heteroatoms. The quantitative estimate of drug-likeness (QED) is 0.347. The molecular formula is C32H41ClFN5O4. The first-order valence-electron chi connectivity index (χ1n) is 15.1. The molecule has 2 aliphatic heterocycles. The number of carboxylic acid groups (broad SMARTS) is 1. The summed E-state index contributed by atoms with van der Waals surface area (Å²) in [7, 11) is 0. The molecule has 1 aliphatic carbocycles. The second-order valence-corrected chi connectivity index (χ2v) is 14.2. The van der Waals surface area contributed by atoms with Gasteiger partial charge in [0.1, 0.15) is 11.5 Å². The summed E-state index contributed by atoms with van der Waals surface area (Å²) >= 11 is 5.94. The van der Waals surface area contributed by atoms with Gasteiger partial charge in [-0.3, -0.25) is 14.4 Å². The van der Waals surface area contributed by atoms with E-state index in [0.29, 0.717) is 50.5 Å². The van der Waals surface area contributed by atoms with Crippen LogP contribution in [0.15, 0.2) is 24.4 Å². The smallest absolute Gasteiger partial charge is 0.303 e. The highest BCUT2D eigenvalue weighted by Crippen LogP contribution is 2.60. The zero-order chi connectivity index (χ0) is 31.2. The van der Waals surface area contributed by atoms with Crippen molar-refractivity contribution in [2.45, 2.75) is 90.0 Å². The maximum Gasteiger partial charge on any atom is 0.303 e. The third kappa shape index (κ3) is 6.35. The van der Waals surface area contributed by atoms with Gasteiger partial charge in [-0.2, -0.15) is 0 Å². The first-order valence-corrected chi connectivity index (χ1v) is 15.5. The van der Waals surface area contributed by atoms with Crippen LogP contribution in [0.5, 0.6) is 0 Å². The normalized spacial score (nSPS) is 19.7. The van der Waals surface area contributed by atoms with Crippen molar-refractivity contribution in [1.82, 2.24) is 19.8 Å². The lowest BCUT2D eigenvalue weighted by Crippen LogP contribution is -2.62. The minimum absolute atomic E-state index is 0.0593. The van der Waals surface area contributed by atoms with Gasteiger partial charge < -0.3 is 19.8 Å². The molecule has 1 saturated carbocycles. The summed E-state index contributed by atoms with van der Waals surface area (Å²) in [4.78, 5) is 52.7. The molecule has 1 aromatic heterocycles. The Balaban J connectivity index is 1.29. The molecule has 9 nitrogen and oxygen atoms in total. The Morgan fingerprint density at radius 1 is 1.00 bits per heavy atom. The van der Waals surface area contributed by atoms with Gasteiger partial charge in [0.15, 0.2) is 5.82 Å². The summed E-state index contributed by atoms with van der Waals surface area (Å²) in [6.07, 6.45) is 6.83. The van der Waals surface area contributed by atoms with Gasteiger partial charge in [-0.15, -0.1) is 0 Å². The molecule has 5 rings (SSSR count). The van der Waals surface area contributed by atoms with Crippen molar-refractivity contribution in [1.29, 1.82) is 0 Å². The van der Waals surface area contributed by atoms with Crippen molar-refractivity contribution >= 4 is 40.9 Å². The van der Waals surface area contributed by atoms with E-state index in [0.717, 1.165) is 37.8 Å². The van der Waals surface area contributed by atoms with Gasteiger partial charge in [0, 0.05) is 50.1 Å². The number of carboxylic acids is 1. The van der Waals surface area contributed by atoms with Gasteiger partial charge in [-0.25, -0.2) is 14.4 Å². The Morgan fingerprint density at radius 2 is 1.70 bits per heavy atom. The lowest BCUT2D eigenvalue weighted by Gasteiger charge is -2.51. The second-order valence-electron chi connectivity index (χ2n) is 13.8. The van der Waals surface area contributed by atoms with Crippen molar-refractivity contribution in [2.75, 3.05) is 31.1 Å². The minimum atomic E-state index is -0.792. The number of aliphatic carboxylic acids is 1. The molecule has 232 valence electrons. The number of amides is 2. The van der Waals surface area contributed by atoms with E-state index < -0.39 is 17.3 Å². The summed E-state index contributed by atoms with van der Waals surface area (Å²) in [5.41, 5.74) is 0.969. The summed E-state index contributed by atoms with van der Waals surface area (Å²) < 4.78 is 14.4. The topological polar surface area (TPSA) is 107 Å². The SMILES string of the molecule is CC1(C)CC2(CN(c3ccc(Cl)c(F)c3)c3ncc(C(=O)N4CCN(C(=O)CCCCCCC(=O)O)CC4(C)C)nc32)C1. The average molecular weight is 614 g/mol. The predicted octanol–water partition coefficient (Wildman–Crippen LogP) is 5.97. The number of rotatable bonds is 9. The van der Waals surface area contributed by atoms with E-state index in [1.54, 1.807) is 17.0 Å². The first-order chi connectivity index (χ1) is 20.2. The van der Waals surface area contributed by atoms with Gasteiger partial charge in [0.2, 0.25) is 5.91 Å². The van der Waals surface area contributed by atoms with Gasteiger partial charge in [0.05, 0.1) is 22.5 Å². The Bertz CT molecular complexity index is 1420. The third-order valence-corrected chi connectivity index (χ3v) is 9.38.